The van der Waals surface area contributed by atoms with Crippen LogP contribution in [0, 0.1) is 5.82 Å². The van der Waals surface area contributed by atoms with Crippen LogP contribution in [0.2, 0.25) is 0 Å². The van der Waals surface area contributed by atoms with Gasteiger partial charge in [0.05, 0.1) is 0 Å². The van der Waals surface area contributed by atoms with Crippen molar-refractivity contribution in [3.63, 3.8) is 0 Å². The van der Waals surface area contributed by atoms with Crippen LogP contribution in [0.4, 0.5) is 4.39 Å². The smallest absolute Gasteiger partial charge is 0.242 e. The summed E-state index contributed by atoms with van der Waals surface area (Å²) in [6.45, 7) is 6.26. The molecule has 28 heavy (non-hydrogen) atoms. The fourth-order valence-corrected chi connectivity index (χ4v) is 3.04. The summed E-state index contributed by atoms with van der Waals surface area (Å²) in [4.78, 5) is 26.6. The van der Waals surface area contributed by atoms with Crippen LogP contribution >= 0.6 is 0 Å². The van der Waals surface area contributed by atoms with Crippen molar-refractivity contribution in [1.82, 2.24) is 10.2 Å². The highest BCUT2D eigenvalue weighted by atomic mass is 19.1. The zero-order valence-electron chi connectivity index (χ0n) is 17.0. The van der Waals surface area contributed by atoms with E-state index in [9.17, 15) is 14.0 Å². The lowest BCUT2D eigenvalue weighted by Gasteiger charge is -2.28. The van der Waals surface area contributed by atoms with Crippen molar-refractivity contribution in [3.8, 4) is 0 Å². The van der Waals surface area contributed by atoms with Gasteiger partial charge in [-0.25, -0.2) is 4.39 Å². The van der Waals surface area contributed by atoms with E-state index in [1.165, 1.54) is 17.7 Å². The summed E-state index contributed by atoms with van der Waals surface area (Å²) >= 11 is 0. The summed E-state index contributed by atoms with van der Waals surface area (Å²) in [5.74, 6) is -0.189. The SMILES string of the molecule is CNC(=O)C(C)N(Cc1ccc(F)cc1)C(=O)CCc1ccc(C(C)C)cc1. The second-order valence-electron chi connectivity index (χ2n) is 7.33. The normalized spacial score (nSPS) is 11.9. The first kappa shape index (κ1) is 21.6. The number of rotatable bonds is 8. The van der Waals surface area contributed by atoms with Crippen LogP contribution in [0.1, 0.15) is 49.8 Å². The Morgan fingerprint density at radius 2 is 1.54 bits per heavy atom. The Morgan fingerprint density at radius 3 is 2.07 bits per heavy atom. The minimum Gasteiger partial charge on any atom is -0.357 e. The van der Waals surface area contributed by atoms with E-state index in [0.717, 1.165) is 11.1 Å². The molecular formula is C23H29FN2O2. The Bertz CT molecular complexity index is 785. The number of carbonyl (C=O) groups is 2. The van der Waals surface area contributed by atoms with E-state index < -0.39 is 6.04 Å². The van der Waals surface area contributed by atoms with Crippen molar-refractivity contribution in [2.24, 2.45) is 0 Å². The van der Waals surface area contributed by atoms with Gasteiger partial charge in [-0.2, -0.15) is 0 Å². The molecule has 0 aliphatic rings. The van der Waals surface area contributed by atoms with Gasteiger partial charge in [-0.15, -0.1) is 0 Å². The lowest BCUT2D eigenvalue weighted by Crippen LogP contribution is -2.46. The Balaban J connectivity index is 2.09. The molecule has 0 heterocycles. The van der Waals surface area contributed by atoms with Gasteiger partial charge in [0.1, 0.15) is 11.9 Å². The van der Waals surface area contributed by atoms with Crippen molar-refractivity contribution in [2.45, 2.75) is 52.1 Å². The van der Waals surface area contributed by atoms with Crippen LogP contribution in [-0.4, -0.2) is 29.8 Å². The van der Waals surface area contributed by atoms with Gasteiger partial charge in [-0.05, 0) is 48.1 Å². The number of aryl methyl sites for hydroxylation is 1. The van der Waals surface area contributed by atoms with Crippen LogP contribution in [0.3, 0.4) is 0 Å². The minimum absolute atomic E-state index is 0.103. The molecule has 0 saturated heterocycles. The molecule has 0 radical (unpaired) electrons. The summed E-state index contributed by atoms with van der Waals surface area (Å²) in [5, 5.41) is 2.59. The maximum atomic E-state index is 13.2. The highest BCUT2D eigenvalue weighted by molar-refractivity contribution is 5.87. The van der Waals surface area contributed by atoms with Gasteiger partial charge in [0.25, 0.3) is 0 Å². The molecule has 0 aliphatic carbocycles. The second-order valence-corrected chi connectivity index (χ2v) is 7.33. The number of halogens is 1. The predicted molar refractivity (Wildman–Crippen MR) is 109 cm³/mol. The average Bonchev–Trinajstić information content (AvgIpc) is 2.70. The molecular weight excluding hydrogens is 355 g/mol. The Labute approximate surface area is 166 Å². The first-order valence-corrected chi connectivity index (χ1v) is 9.66. The molecule has 0 aromatic heterocycles. The van der Waals surface area contributed by atoms with Crippen LogP contribution < -0.4 is 5.32 Å². The predicted octanol–water partition coefficient (Wildman–Crippen LogP) is 4.05. The van der Waals surface area contributed by atoms with E-state index >= 15 is 0 Å². The third-order valence-corrected chi connectivity index (χ3v) is 4.95. The number of amides is 2. The first-order chi connectivity index (χ1) is 13.3. The van der Waals surface area contributed by atoms with E-state index in [1.54, 1.807) is 31.0 Å². The summed E-state index contributed by atoms with van der Waals surface area (Å²) < 4.78 is 13.2. The molecule has 0 saturated carbocycles. The van der Waals surface area contributed by atoms with Crippen molar-refractivity contribution in [2.75, 3.05) is 7.05 Å². The number of nitrogens with zero attached hydrogens (tertiary/aromatic N) is 1. The van der Waals surface area contributed by atoms with E-state index in [2.05, 4.69) is 43.4 Å². The first-order valence-electron chi connectivity index (χ1n) is 9.66. The molecule has 1 atom stereocenters. The van der Waals surface area contributed by atoms with Crippen LogP contribution in [0.15, 0.2) is 48.5 Å². The number of nitrogens with one attached hydrogen (secondary N) is 1. The average molecular weight is 384 g/mol. The molecule has 0 bridgehead atoms. The third kappa shape index (κ3) is 5.91. The van der Waals surface area contributed by atoms with E-state index in [0.29, 0.717) is 18.8 Å². The standard InChI is InChI=1S/C23H29FN2O2/c1-16(2)20-10-5-18(6-11-20)9-14-22(27)26(17(3)23(28)25-4)15-19-7-12-21(24)13-8-19/h5-8,10-13,16-17H,9,14-15H2,1-4H3,(H,25,28). The zero-order valence-corrected chi connectivity index (χ0v) is 17.0. The van der Waals surface area contributed by atoms with Gasteiger partial charge in [0.2, 0.25) is 11.8 Å². The fourth-order valence-electron chi connectivity index (χ4n) is 3.04. The molecule has 0 spiro atoms. The van der Waals surface area contributed by atoms with Crippen LogP contribution in [0.5, 0.6) is 0 Å². The number of likely N-dealkylation sites (N-methyl/N-ethyl adjacent to an activating group) is 1. The maximum Gasteiger partial charge on any atom is 0.242 e. The van der Waals surface area contributed by atoms with Crippen molar-refractivity contribution >= 4 is 11.8 Å². The van der Waals surface area contributed by atoms with E-state index in [-0.39, 0.29) is 24.2 Å². The van der Waals surface area contributed by atoms with Crippen LogP contribution in [-0.2, 0) is 22.6 Å². The summed E-state index contributed by atoms with van der Waals surface area (Å²) in [5.41, 5.74) is 3.14. The quantitative estimate of drug-likeness (QED) is 0.747. The zero-order chi connectivity index (χ0) is 20.7. The van der Waals surface area contributed by atoms with Crippen LogP contribution in [0.25, 0.3) is 0 Å². The lowest BCUT2D eigenvalue weighted by atomic mass is 10.00. The molecule has 1 unspecified atom stereocenters. The molecule has 0 aliphatic heterocycles. The Hall–Kier alpha value is -2.69. The fraction of sp³-hybridized carbons (Fsp3) is 0.391. The van der Waals surface area contributed by atoms with Crippen molar-refractivity contribution in [1.29, 1.82) is 0 Å². The van der Waals surface area contributed by atoms with Gasteiger partial charge in [0, 0.05) is 20.0 Å². The van der Waals surface area contributed by atoms with Crippen molar-refractivity contribution < 1.29 is 14.0 Å². The number of hydrogen-bond donors (Lipinski definition) is 1. The molecule has 2 aromatic rings. The maximum absolute atomic E-state index is 13.2. The largest absolute Gasteiger partial charge is 0.357 e. The van der Waals surface area contributed by atoms with Gasteiger partial charge in [-0.1, -0.05) is 50.2 Å². The molecule has 2 rings (SSSR count). The topological polar surface area (TPSA) is 49.4 Å². The van der Waals surface area contributed by atoms with E-state index in [1.807, 2.05) is 0 Å². The van der Waals surface area contributed by atoms with Gasteiger partial charge >= 0.3 is 0 Å². The Morgan fingerprint density at radius 1 is 0.964 bits per heavy atom. The molecule has 2 aromatic carbocycles. The number of carbonyl (C=O) groups excluding carboxylic acids is 2. The summed E-state index contributed by atoms with van der Waals surface area (Å²) in [6.07, 6.45) is 0.918. The molecule has 1 N–H and O–H groups in total. The van der Waals surface area contributed by atoms with Gasteiger partial charge < -0.3 is 10.2 Å². The molecule has 150 valence electrons. The van der Waals surface area contributed by atoms with Crippen molar-refractivity contribution in [3.05, 3.63) is 71.0 Å². The van der Waals surface area contributed by atoms with Gasteiger partial charge in [-0.3, -0.25) is 9.59 Å². The summed E-state index contributed by atoms with van der Waals surface area (Å²) in [6, 6.07) is 13.7. The highest BCUT2D eigenvalue weighted by Gasteiger charge is 2.25. The highest BCUT2D eigenvalue weighted by Crippen LogP contribution is 2.17. The number of benzene rings is 2. The minimum atomic E-state index is -0.606. The summed E-state index contributed by atoms with van der Waals surface area (Å²) in [7, 11) is 1.55. The van der Waals surface area contributed by atoms with Gasteiger partial charge in [0.15, 0.2) is 0 Å². The number of hydrogen-bond acceptors (Lipinski definition) is 2. The molecule has 5 heteroatoms. The molecule has 0 fully saturated rings. The lowest BCUT2D eigenvalue weighted by molar-refractivity contribution is -0.140. The monoisotopic (exact) mass is 384 g/mol. The second kappa shape index (κ2) is 10.0. The van der Waals surface area contributed by atoms with E-state index in [4.69, 9.17) is 0 Å². The molecule has 4 nitrogen and oxygen atoms in total. The molecule has 2 amide bonds. The third-order valence-electron chi connectivity index (χ3n) is 4.95. The Kier molecular flexibility index (Phi) is 7.73.